The molecule has 17 heavy (non-hydrogen) atoms. The quantitative estimate of drug-likeness (QED) is 0.808. The molecule has 1 N–H and O–H groups in total. The molecule has 1 saturated carbocycles. The molecule has 0 radical (unpaired) electrons. The number of rotatable bonds is 2. The maximum absolute atomic E-state index is 11.8. The standard InChI is InChI=1S/C13H23NO3/c1-10(15)13(8-6-5-7-9-13)14-11(16)17-12(2,3)4/h5-9H2,1-4H3,(H,14,16). The van der Waals surface area contributed by atoms with Crippen molar-refractivity contribution in [1.82, 2.24) is 5.32 Å². The van der Waals surface area contributed by atoms with Crippen molar-refractivity contribution in [3.8, 4) is 0 Å². The third-order valence-electron chi connectivity index (χ3n) is 3.12. The van der Waals surface area contributed by atoms with Gasteiger partial charge in [-0.2, -0.15) is 0 Å². The van der Waals surface area contributed by atoms with Crippen molar-refractivity contribution in [3.05, 3.63) is 0 Å². The highest BCUT2D eigenvalue weighted by atomic mass is 16.6. The molecule has 1 fully saturated rings. The Morgan fingerprint density at radius 2 is 1.65 bits per heavy atom. The summed E-state index contributed by atoms with van der Waals surface area (Å²) in [6.45, 7) is 6.98. The zero-order chi connectivity index (χ0) is 13.1. The van der Waals surface area contributed by atoms with Crippen molar-refractivity contribution in [2.75, 3.05) is 0 Å². The Kier molecular flexibility index (Phi) is 4.17. The molecule has 0 aromatic carbocycles. The molecule has 1 amide bonds. The highest BCUT2D eigenvalue weighted by molar-refractivity contribution is 5.89. The maximum atomic E-state index is 11.8. The average molecular weight is 241 g/mol. The number of carbonyl (C=O) groups excluding carboxylic acids is 2. The topological polar surface area (TPSA) is 55.4 Å². The molecule has 1 rings (SSSR count). The molecule has 0 heterocycles. The third kappa shape index (κ3) is 4.02. The monoisotopic (exact) mass is 241 g/mol. The van der Waals surface area contributed by atoms with Gasteiger partial charge < -0.3 is 10.1 Å². The predicted molar refractivity (Wildman–Crippen MR) is 65.9 cm³/mol. The summed E-state index contributed by atoms with van der Waals surface area (Å²) >= 11 is 0. The molecular formula is C13H23NO3. The second-order valence-electron chi connectivity index (χ2n) is 5.83. The van der Waals surface area contributed by atoms with Gasteiger partial charge in [0.15, 0.2) is 5.78 Å². The van der Waals surface area contributed by atoms with E-state index in [1.54, 1.807) is 6.92 Å². The molecule has 0 unspecified atom stereocenters. The number of Topliss-reactive ketones (excluding diaryl/α,β-unsaturated/α-hetero) is 1. The van der Waals surface area contributed by atoms with E-state index in [4.69, 9.17) is 4.74 Å². The van der Waals surface area contributed by atoms with E-state index in [-0.39, 0.29) is 5.78 Å². The van der Waals surface area contributed by atoms with Crippen LogP contribution in [0.1, 0.15) is 59.8 Å². The number of hydrogen-bond donors (Lipinski definition) is 1. The first-order valence-electron chi connectivity index (χ1n) is 6.27. The van der Waals surface area contributed by atoms with Gasteiger partial charge in [0.05, 0.1) is 0 Å². The highest BCUT2D eigenvalue weighted by Crippen LogP contribution is 2.29. The van der Waals surface area contributed by atoms with E-state index in [1.165, 1.54) is 0 Å². The van der Waals surface area contributed by atoms with E-state index in [1.807, 2.05) is 20.8 Å². The Balaban J connectivity index is 2.67. The molecule has 0 atom stereocenters. The zero-order valence-electron chi connectivity index (χ0n) is 11.3. The minimum Gasteiger partial charge on any atom is -0.444 e. The van der Waals surface area contributed by atoms with Gasteiger partial charge >= 0.3 is 6.09 Å². The van der Waals surface area contributed by atoms with Gasteiger partial charge in [0.1, 0.15) is 11.1 Å². The lowest BCUT2D eigenvalue weighted by atomic mass is 9.79. The van der Waals surface area contributed by atoms with Crippen molar-refractivity contribution >= 4 is 11.9 Å². The van der Waals surface area contributed by atoms with Crippen molar-refractivity contribution in [1.29, 1.82) is 0 Å². The smallest absolute Gasteiger partial charge is 0.408 e. The SMILES string of the molecule is CC(=O)C1(NC(=O)OC(C)(C)C)CCCCC1. The number of alkyl carbamates (subject to hydrolysis) is 1. The van der Waals surface area contributed by atoms with Crippen LogP contribution in [-0.4, -0.2) is 23.0 Å². The molecule has 0 saturated heterocycles. The van der Waals surface area contributed by atoms with Gasteiger partial charge in [-0.15, -0.1) is 0 Å². The van der Waals surface area contributed by atoms with Crippen LogP contribution < -0.4 is 5.32 Å². The summed E-state index contributed by atoms with van der Waals surface area (Å²) in [6, 6.07) is 0. The highest BCUT2D eigenvalue weighted by Gasteiger charge is 2.39. The molecule has 0 spiro atoms. The van der Waals surface area contributed by atoms with Crippen molar-refractivity contribution in [2.24, 2.45) is 0 Å². The van der Waals surface area contributed by atoms with Gasteiger partial charge in [0, 0.05) is 0 Å². The van der Waals surface area contributed by atoms with Crippen LogP contribution in [0.3, 0.4) is 0 Å². The van der Waals surface area contributed by atoms with Gasteiger partial charge in [-0.25, -0.2) is 4.79 Å². The molecule has 1 aliphatic carbocycles. The minimum atomic E-state index is -0.694. The van der Waals surface area contributed by atoms with Crippen LogP contribution in [0.4, 0.5) is 4.79 Å². The fraction of sp³-hybridized carbons (Fsp3) is 0.846. The summed E-state index contributed by atoms with van der Waals surface area (Å²) in [7, 11) is 0. The molecule has 98 valence electrons. The molecule has 4 heteroatoms. The lowest BCUT2D eigenvalue weighted by molar-refractivity contribution is -0.124. The number of nitrogens with one attached hydrogen (secondary N) is 1. The molecule has 0 aromatic heterocycles. The Hall–Kier alpha value is -1.06. The summed E-state index contributed by atoms with van der Waals surface area (Å²) in [5, 5.41) is 2.78. The van der Waals surface area contributed by atoms with E-state index in [0.29, 0.717) is 0 Å². The predicted octanol–water partition coefficient (Wildman–Crippen LogP) is 2.80. The first-order valence-corrected chi connectivity index (χ1v) is 6.27. The molecule has 0 bridgehead atoms. The Morgan fingerprint density at radius 1 is 1.12 bits per heavy atom. The molecule has 0 aliphatic heterocycles. The fourth-order valence-electron chi connectivity index (χ4n) is 2.22. The van der Waals surface area contributed by atoms with Crippen molar-refractivity contribution < 1.29 is 14.3 Å². The second kappa shape index (κ2) is 5.07. The Bertz CT molecular complexity index is 298. The lowest BCUT2D eigenvalue weighted by Gasteiger charge is -2.36. The first-order chi connectivity index (χ1) is 7.75. The molecule has 4 nitrogen and oxygen atoms in total. The largest absolute Gasteiger partial charge is 0.444 e. The van der Waals surface area contributed by atoms with Crippen LogP contribution in [0, 0.1) is 0 Å². The lowest BCUT2D eigenvalue weighted by Crippen LogP contribution is -2.55. The van der Waals surface area contributed by atoms with Gasteiger partial charge in [-0.3, -0.25) is 4.79 Å². The van der Waals surface area contributed by atoms with E-state index in [0.717, 1.165) is 32.1 Å². The van der Waals surface area contributed by atoms with E-state index >= 15 is 0 Å². The van der Waals surface area contributed by atoms with Crippen LogP contribution in [0.25, 0.3) is 0 Å². The van der Waals surface area contributed by atoms with Crippen LogP contribution in [-0.2, 0) is 9.53 Å². The average Bonchev–Trinajstić information content (AvgIpc) is 2.15. The molecular weight excluding hydrogens is 218 g/mol. The van der Waals surface area contributed by atoms with Crippen LogP contribution in [0.5, 0.6) is 0 Å². The minimum absolute atomic E-state index is 0.0306. The van der Waals surface area contributed by atoms with E-state index in [2.05, 4.69) is 5.32 Å². The summed E-state index contributed by atoms with van der Waals surface area (Å²) in [4.78, 5) is 23.5. The number of ketones is 1. The molecule has 0 aromatic rings. The van der Waals surface area contributed by atoms with Crippen LogP contribution in [0.2, 0.25) is 0 Å². The summed E-state index contributed by atoms with van der Waals surface area (Å²) < 4.78 is 5.21. The van der Waals surface area contributed by atoms with Crippen LogP contribution >= 0.6 is 0 Å². The van der Waals surface area contributed by atoms with Crippen molar-refractivity contribution in [2.45, 2.75) is 70.9 Å². The summed E-state index contributed by atoms with van der Waals surface area (Å²) in [6.07, 6.45) is 4.05. The Labute approximate surface area is 103 Å². The first kappa shape index (κ1) is 14.0. The van der Waals surface area contributed by atoms with Crippen LogP contribution in [0.15, 0.2) is 0 Å². The summed E-state index contributed by atoms with van der Waals surface area (Å²) in [5.74, 6) is 0.0306. The van der Waals surface area contributed by atoms with Gasteiger partial charge in [-0.1, -0.05) is 19.3 Å². The number of ether oxygens (including phenoxy) is 1. The second-order valence-corrected chi connectivity index (χ2v) is 5.83. The Morgan fingerprint density at radius 3 is 2.06 bits per heavy atom. The number of amides is 1. The number of hydrogen-bond acceptors (Lipinski definition) is 3. The third-order valence-corrected chi connectivity index (χ3v) is 3.12. The van der Waals surface area contributed by atoms with E-state index in [9.17, 15) is 9.59 Å². The van der Waals surface area contributed by atoms with Gasteiger partial charge in [0.2, 0.25) is 0 Å². The molecule has 1 aliphatic rings. The summed E-state index contributed by atoms with van der Waals surface area (Å²) in [5.41, 5.74) is -1.22. The fourth-order valence-corrected chi connectivity index (χ4v) is 2.22. The van der Waals surface area contributed by atoms with E-state index < -0.39 is 17.2 Å². The number of carbonyl (C=O) groups is 2. The van der Waals surface area contributed by atoms with Gasteiger partial charge in [0.25, 0.3) is 0 Å². The normalized spacial score (nSPS) is 19.5. The van der Waals surface area contributed by atoms with Gasteiger partial charge in [-0.05, 0) is 40.5 Å². The maximum Gasteiger partial charge on any atom is 0.408 e. The zero-order valence-corrected chi connectivity index (χ0v) is 11.3. The van der Waals surface area contributed by atoms with Crippen molar-refractivity contribution in [3.63, 3.8) is 0 Å².